The van der Waals surface area contributed by atoms with E-state index in [1.54, 1.807) is 6.07 Å². The molecule has 0 saturated heterocycles. The highest BCUT2D eigenvalue weighted by Gasteiger charge is 2.48. The molecule has 1 atom stereocenters. The Labute approximate surface area is 102 Å². The van der Waals surface area contributed by atoms with Gasteiger partial charge >= 0.3 is 0 Å². The number of hydrogen-bond acceptors (Lipinski definition) is 3. The summed E-state index contributed by atoms with van der Waals surface area (Å²) in [5, 5.41) is 3.28. The second-order valence-corrected chi connectivity index (χ2v) is 5.90. The van der Waals surface area contributed by atoms with Crippen molar-refractivity contribution in [3.63, 3.8) is 0 Å². The molecule has 1 saturated carbocycles. The highest BCUT2D eigenvalue weighted by Crippen LogP contribution is 2.57. The smallest absolute Gasteiger partial charge is 0.251 e. The number of aromatic amines is 1. The molecule has 1 aliphatic carbocycles. The van der Waals surface area contributed by atoms with Crippen molar-refractivity contribution >= 4 is 0 Å². The molecule has 0 bridgehead atoms. The van der Waals surface area contributed by atoms with Crippen molar-refractivity contribution in [1.29, 1.82) is 0 Å². The third kappa shape index (κ3) is 2.94. The molecular formula is C13H21N3O. The van der Waals surface area contributed by atoms with E-state index in [2.05, 4.69) is 43.0 Å². The maximum Gasteiger partial charge on any atom is 0.251 e. The van der Waals surface area contributed by atoms with Gasteiger partial charge in [0.1, 0.15) is 5.82 Å². The highest BCUT2D eigenvalue weighted by atomic mass is 16.1. The lowest BCUT2D eigenvalue weighted by Crippen LogP contribution is -2.24. The number of rotatable bonds is 4. The molecule has 2 rings (SSSR count). The van der Waals surface area contributed by atoms with Crippen molar-refractivity contribution in [3.8, 4) is 0 Å². The fourth-order valence-corrected chi connectivity index (χ4v) is 2.03. The molecule has 1 fully saturated rings. The number of H-pyrrole nitrogens is 1. The first-order chi connectivity index (χ1) is 7.88. The van der Waals surface area contributed by atoms with Crippen LogP contribution in [0.3, 0.4) is 0 Å². The van der Waals surface area contributed by atoms with Crippen LogP contribution in [0.25, 0.3) is 0 Å². The van der Waals surface area contributed by atoms with Gasteiger partial charge in [0.2, 0.25) is 0 Å². The summed E-state index contributed by atoms with van der Waals surface area (Å²) in [5.74, 6) is 1.26. The van der Waals surface area contributed by atoms with Crippen molar-refractivity contribution in [2.24, 2.45) is 5.41 Å². The van der Waals surface area contributed by atoms with Gasteiger partial charge in [-0.3, -0.25) is 4.79 Å². The highest BCUT2D eigenvalue weighted by molar-refractivity contribution is 5.17. The minimum Gasteiger partial charge on any atom is -0.310 e. The molecule has 4 heteroatoms. The molecule has 0 spiro atoms. The second kappa shape index (κ2) is 4.26. The normalized spacial score (nSPS) is 21.8. The van der Waals surface area contributed by atoms with E-state index in [1.807, 2.05) is 0 Å². The first-order valence-corrected chi connectivity index (χ1v) is 6.22. The molecule has 0 amide bonds. The molecule has 1 heterocycles. The van der Waals surface area contributed by atoms with Crippen molar-refractivity contribution in [3.05, 3.63) is 27.9 Å². The molecule has 0 radical (unpaired) electrons. The van der Waals surface area contributed by atoms with Gasteiger partial charge in [-0.1, -0.05) is 27.7 Å². The van der Waals surface area contributed by atoms with E-state index < -0.39 is 0 Å². The standard InChI is InChI=1S/C13H21N3O/c1-8(2)14-7-9-5-11(17)16-12(15-9)10-6-13(10,3)4/h5,8,10,14H,6-7H2,1-4H3,(H,15,16,17). The van der Waals surface area contributed by atoms with E-state index in [0.717, 1.165) is 17.9 Å². The van der Waals surface area contributed by atoms with Crippen LogP contribution in [-0.2, 0) is 6.54 Å². The zero-order valence-corrected chi connectivity index (χ0v) is 11.0. The summed E-state index contributed by atoms with van der Waals surface area (Å²) in [6.45, 7) is 9.23. The van der Waals surface area contributed by atoms with Crippen LogP contribution in [-0.4, -0.2) is 16.0 Å². The first-order valence-electron chi connectivity index (χ1n) is 6.22. The number of aromatic nitrogens is 2. The van der Waals surface area contributed by atoms with Crippen molar-refractivity contribution in [1.82, 2.24) is 15.3 Å². The number of nitrogens with one attached hydrogen (secondary N) is 2. The molecule has 4 nitrogen and oxygen atoms in total. The molecule has 17 heavy (non-hydrogen) atoms. The molecule has 0 aromatic carbocycles. The maximum atomic E-state index is 11.6. The lowest BCUT2D eigenvalue weighted by molar-refractivity contribution is 0.572. The molecular weight excluding hydrogens is 214 g/mol. The average molecular weight is 235 g/mol. The Balaban J connectivity index is 2.16. The maximum absolute atomic E-state index is 11.6. The van der Waals surface area contributed by atoms with E-state index in [0.29, 0.717) is 23.9 Å². The largest absolute Gasteiger partial charge is 0.310 e. The van der Waals surface area contributed by atoms with Gasteiger partial charge in [-0.05, 0) is 11.8 Å². The Morgan fingerprint density at radius 1 is 1.59 bits per heavy atom. The number of nitrogens with zero attached hydrogens (tertiary/aromatic N) is 1. The summed E-state index contributed by atoms with van der Waals surface area (Å²) in [7, 11) is 0. The topological polar surface area (TPSA) is 57.8 Å². The van der Waals surface area contributed by atoms with Gasteiger partial charge in [0.05, 0.1) is 5.69 Å². The van der Waals surface area contributed by atoms with E-state index in [4.69, 9.17) is 0 Å². The van der Waals surface area contributed by atoms with Gasteiger partial charge in [-0.25, -0.2) is 4.98 Å². The van der Waals surface area contributed by atoms with Gasteiger partial charge in [0, 0.05) is 24.6 Å². The monoisotopic (exact) mass is 235 g/mol. The summed E-state index contributed by atoms with van der Waals surface area (Å²) in [5.41, 5.74) is 1.08. The summed E-state index contributed by atoms with van der Waals surface area (Å²) in [4.78, 5) is 19.0. The third-order valence-corrected chi connectivity index (χ3v) is 3.35. The second-order valence-electron chi connectivity index (χ2n) is 5.90. The Morgan fingerprint density at radius 2 is 2.24 bits per heavy atom. The van der Waals surface area contributed by atoms with Crippen LogP contribution in [0, 0.1) is 5.41 Å². The van der Waals surface area contributed by atoms with E-state index in [-0.39, 0.29) is 5.56 Å². The van der Waals surface area contributed by atoms with Gasteiger partial charge in [-0.2, -0.15) is 0 Å². The fraction of sp³-hybridized carbons (Fsp3) is 0.692. The van der Waals surface area contributed by atoms with Crippen LogP contribution in [0.4, 0.5) is 0 Å². The van der Waals surface area contributed by atoms with Crippen molar-refractivity contribution < 1.29 is 0 Å². The van der Waals surface area contributed by atoms with Crippen LogP contribution in [0.2, 0.25) is 0 Å². The lowest BCUT2D eigenvalue weighted by Gasteiger charge is -2.09. The van der Waals surface area contributed by atoms with Crippen LogP contribution in [0.5, 0.6) is 0 Å². The molecule has 1 aliphatic rings. The summed E-state index contributed by atoms with van der Waals surface area (Å²) >= 11 is 0. The summed E-state index contributed by atoms with van der Waals surface area (Å²) < 4.78 is 0. The van der Waals surface area contributed by atoms with Crippen LogP contribution in [0.15, 0.2) is 10.9 Å². The summed E-state index contributed by atoms with van der Waals surface area (Å²) in [6.07, 6.45) is 1.11. The van der Waals surface area contributed by atoms with Gasteiger partial charge in [-0.15, -0.1) is 0 Å². The van der Waals surface area contributed by atoms with Crippen LogP contribution in [0.1, 0.15) is 51.6 Å². The first kappa shape index (κ1) is 12.3. The zero-order valence-electron chi connectivity index (χ0n) is 11.0. The van der Waals surface area contributed by atoms with Gasteiger partial charge in [0.15, 0.2) is 0 Å². The lowest BCUT2D eigenvalue weighted by atomic mass is 10.1. The minimum absolute atomic E-state index is 0.0433. The zero-order chi connectivity index (χ0) is 12.6. The summed E-state index contributed by atoms with van der Waals surface area (Å²) in [6, 6.07) is 1.98. The third-order valence-electron chi connectivity index (χ3n) is 3.35. The van der Waals surface area contributed by atoms with E-state index >= 15 is 0 Å². The predicted octanol–water partition coefficient (Wildman–Crippen LogP) is 1.78. The minimum atomic E-state index is -0.0433. The quantitative estimate of drug-likeness (QED) is 0.836. The Bertz CT molecular complexity index is 462. The van der Waals surface area contributed by atoms with Gasteiger partial charge in [0.25, 0.3) is 5.56 Å². The van der Waals surface area contributed by atoms with Crippen LogP contribution >= 0.6 is 0 Å². The van der Waals surface area contributed by atoms with Crippen molar-refractivity contribution in [2.75, 3.05) is 0 Å². The Morgan fingerprint density at radius 3 is 2.76 bits per heavy atom. The predicted molar refractivity (Wildman–Crippen MR) is 68.0 cm³/mol. The molecule has 1 aromatic rings. The SMILES string of the molecule is CC(C)NCc1cc(=O)[nH]c(C2CC2(C)C)n1. The molecule has 2 N–H and O–H groups in total. The fourth-order valence-electron chi connectivity index (χ4n) is 2.03. The van der Waals surface area contributed by atoms with Crippen LogP contribution < -0.4 is 10.9 Å². The van der Waals surface area contributed by atoms with Gasteiger partial charge < -0.3 is 10.3 Å². The molecule has 1 aromatic heterocycles. The molecule has 1 unspecified atom stereocenters. The molecule has 94 valence electrons. The average Bonchev–Trinajstić information content (AvgIpc) is 2.84. The Kier molecular flexibility index (Phi) is 3.08. The van der Waals surface area contributed by atoms with E-state index in [9.17, 15) is 4.79 Å². The Hall–Kier alpha value is -1.16. The van der Waals surface area contributed by atoms with Crippen molar-refractivity contribution in [2.45, 2.75) is 52.6 Å². The van der Waals surface area contributed by atoms with E-state index in [1.165, 1.54) is 0 Å². The molecule has 0 aliphatic heterocycles. The number of hydrogen-bond donors (Lipinski definition) is 2.